The minimum Gasteiger partial charge on any atom is -0.493 e. The van der Waals surface area contributed by atoms with Crippen molar-refractivity contribution in [2.24, 2.45) is 5.73 Å². The Hall–Kier alpha value is -3.51. The van der Waals surface area contributed by atoms with Crippen molar-refractivity contribution >= 4 is 15.5 Å². The summed E-state index contributed by atoms with van der Waals surface area (Å²) in [4.78, 5) is 1.67. The lowest BCUT2D eigenvalue weighted by atomic mass is 9.87. The Labute approximate surface area is 179 Å². The smallest absolute Gasteiger partial charge is 0.177 e. The number of halogens is 1. The van der Waals surface area contributed by atoms with E-state index in [4.69, 9.17) is 15.2 Å². The van der Waals surface area contributed by atoms with Crippen molar-refractivity contribution < 1.29 is 22.3 Å². The van der Waals surface area contributed by atoms with Crippen molar-refractivity contribution in [1.29, 1.82) is 5.26 Å². The van der Waals surface area contributed by atoms with E-state index in [2.05, 4.69) is 6.07 Å². The first-order chi connectivity index (χ1) is 14.8. The van der Waals surface area contributed by atoms with E-state index >= 15 is 0 Å². The highest BCUT2D eigenvalue weighted by Crippen LogP contribution is 2.49. The molecule has 2 aliphatic rings. The number of nitrogens with zero attached hydrogens (tertiary/aromatic N) is 2. The van der Waals surface area contributed by atoms with Crippen LogP contribution in [0.2, 0.25) is 0 Å². The van der Waals surface area contributed by atoms with Gasteiger partial charge < -0.3 is 15.2 Å². The number of allylic oxidation sites excluding steroid dienone is 3. The van der Waals surface area contributed by atoms with Gasteiger partial charge in [0.25, 0.3) is 0 Å². The molecule has 2 aromatic rings. The molecule has 1 atom stereocenters. The quantitative estimate of drug-likeness (QED) is 0.777. The Kier molecular flexibility index (Phi) is 5.11. The Balaban J connectivity index is 1.97. The first-order valence-electron chi connectivity index (χ1n) is 9.45. The average Bonchev–Trinajstić information content (AvgIpc) is 3.08. The topological polar surface area (TPSA) is 106 Å². The van der Waals surface area contributed by atoms with Gasteiger partial charge in [-0.3, -0.25) is 4.90 Å². The van der Waals surface area contributed by atoms with E-state index in [1.54, 1.807) is 18.2 Å². The van der Waals surface area contributed by atoms with Gasteiger partial charge in [-0.1, -0.05) is 6.07 Å². The third-order valence-electron chi connectivity index (χ3n) is 5.51. The van der Waals surface area contributed by atoms with E-state index in [0.717, 1.165) is 0 Å². The van der Waals surface area contributed by atoms with Crippen molar-refractivity contribution in [3.63, 3.8) is 0 Å². The van der Waals surface area contributed by atoms with Gasteiger partial charge in [-0.15, -0.1) is 0 Å². The number of benzene rings is 2. The van der Waals surface area contributed by atoms with E-state index in [9.17, 15) is 18.1 Å². The Morgan fingerprint density at radius 2 is 1.81 bits per heavy atom. The average molecular weight is 441 g/mol. The molecule has 0 aliphatic carbocycles. The van der Waals surface area contributed by atoms with Crippen molar-refractivity contribution in [2.45, 2.75) is 12.3 Å². The number of hydrogen-bond acceptors (Lipinski definition) is 7. The summed E-state index contributed by atoms with van der Waals surface area (Å²) in [5.41, 5.74) is 8.03. The van der Waals surface area contributed by atoms with Crippen LogP contribution in [0.15, 0.2) is 64.5 Å². The van der Waals surface area contributed by atoms with Crippen LogP contribution in [-0.2, 0) is 9.84 Å². The summed E-state index contributed by atoms with van der Waals surface area (Å²) in [5, 5.41) is 9.97. The van der Waals surface area contributed by atoms with Crippen molar-refractivity contribution in [1.82, 2.24) is 0 Å². The molecule has 2 aliphatic heterocycles. The number of nitrogens with two attached hydrogens (primary N) is 1. The maximum absolute atomic E-state index is 13.5. The summed E-state index contributed by atoms with van der Waals surface area (Å²) in [6.45, 7) is 0. The van der Waals surface area contributed by atoms with Gasteiger partial charge >= 0.3 is 0 Å². The number of methoxy groups -OCH3 is 2. The largest absolute Gasteiger partial charge is 0.493 e. The molecule has 0 bridgehead atoms. The van der Waals surface area contributed by atoms with Crippen LogP contribution in [0.25, 0.3) is 0 Å². The zero-order valence-corrected chi connectivity index (χ0v) is 17.7. The highest BCUT2D eigenvalue weighted by Gasteiger charge is 2.45. The molecule has 2 N–H and O–H groups in total. The van der Waals surface area contributed by atoms with E-state index in [-0.39, 0.29) is 28.5 Å². The van der Waals surface area contributed by atoms with E-state index in [1.807, 2.05) is 0 Å². The van der Waals surface area contributed by atoms with Crippen LogP contribution in [0.5, 0.6) is 11.5 Å². The maximum Gasteiger partial charge on any atom is 0.177 e. The molecular weight excluding hydrogens is 421 g/mol. The van der Waals surface area contributed by atoms with Crippen LogP contribution in [-0.4, -0.2) is 28.4 Å². The predicted octanol–water partition coefficient (Wildman–Crippen LogP) is 3.17. The normalized spacial score (nSPS) is 19.8. The lowest BCUT2D eigenvalue weighted by Gasteiger charge is -2.35. The molecule has 0 radical (unpaired) electrons. The highest BCUT2D eigenvalue weighted by atomic mass is 32.2. The van der Waals surface area contributed by atoms with E-state index in [0.29, 0.717) is 28.4 Å². The number of nitriles is 1. The van der Waals surface area contributed by atoms with Crippen LogP contribution >= 0.6 is 0 Å². The molecule has 0 saturated heterocycles. The zero-order valence-electron chi connectivity index (χ0n) is 16.9. The summed E-state index contributed by atoms with van der Waals surface area (Å²) in [6, 6.07) is 12.6. The third-order valence-corrected chi connectivity index (χ3v) is 7.39. The predicted molar refractivity (Wildman–Crippen MR) is 113 cm³/mol. The van der Waals surface area contributed by atoms with Gasteiger partial charge in [0, 0.05) is 17.8 Å². The van der Waals surface area contributed by atoms with Crippen molar-refractivity contribution in [3.05, 3.63) is 75.8 Å². The number of ether oxygens (including phenoxy) is 2. The SMILES string of the molecule is COc1ccc(C2C(C#N)=C(N)N(c3ccc(F)cc3)C3=C2S(=O)(=O)CC3)cc1OC. The summed E-state index contributed by atoms with van der Waals surface area (Å²) in [5.74, 6) is -0.386. The van der Waals surface area contributed by atoms with E-state index in [1.165, 1.54) is 43.4 Å². The maximum atomic E-state index is 13.5. The molecule has 0 saturated carbocycles. The molecule has 2 aromatic carbocycles. The summed E-state index contributed by atoms with van der Waals surface area (Å²) < 4.78 is 50.3. The summed E-state index contributed by atoms with van der Waals surface area (Å²) in [6.07, 6.45) is 0.234. The van der Waals surface area contributed by atoms with Gasteiger partial charge in [-0.2, -0.15) is 5.26 Å². The molecule has 0 aromatic heterocycles. The second-order valence-corrected chi connectivity index (χ2v) is 9.23. The molecule has 160 valence electrons. The van der Waals surface area contributed by atoms with Crippen LogP contribution < -0.4 is 20.1 Å². The second-order valence-electron chi connectivity index (χ2n) is 7.15. The van der Waals surface area contributed by atoms with Crippen molar-refractivity contribution in [2.75, 3.05) is 24.9 Å². The number of anilines is 1. The van der Waals surface area contributed by atoms with Crippen LogP contribution in [0, 0.1) is 17.1 Å². The van der Waals surface area contributed by atoms with Gasteiger partial charge in [0.15, 0.2) is 21.3 Å². The number of rotatable bonds is 4. The van der Waals surface area contributed by atoms with Crippen LogP contribution in [0.4, 0.5) is 10.1 Å². The first-order valence-corrected chi connectivity index (χ1v) is 11.1. The lowest BCUT2D eigenvalue weighted by molar-refractivity contribution is 0.354. The van der Waals surface area contributed by atoms with Crippen LogP contribution in [0.1, 0.15) is 17.9 Å². The Bertz CT molecular complexity index is 1260. The highest BCUT2D eigenvalue weighted by molar-refractivity contribution is 7.95. The fourth-order valence-electron chi connectivity index (χ4n) is 4.11. The van der Waals surface area contributed by atoms with Gasteiger partial charge in [0.2, 0.25) is 0 Å². The molecule has 9 heteroatoms. The van der Waals surface area contributed by atoms with Gasteiger partial charge in [0.1, 0.15) is 11.6 Å². The summed E-state index contributed by atoms with van der Waals surface area (Å²) >= 11 is 0. The number of sulfone groups is 1. The molecule has 0 spiro atoms. The summed E-state index contributed by atoms with van der Waals surface area (Å²) in [7, 11) is -0.668. The zero-order chi connectivity index (χ0) is 22.3. The van der Waals surface area contributed by atoms with E-state index < -0.39 is 21.6 Å². The molecule has 0 amide bonds. The minimum atomic E-state index is -3.64. The molecular formula is C22H20FN3O4S. The standard InChI is InChI=1S/C22H20FN3O4S/c1-29-18-8-3-13(11-19(18)30-2)20-16(12-24)22(25)26(15-6-4-14(23)5-7-15)17-9-10-31(27,28)21(17)20/h3-8,11,20H,9-10,25H2,1-2H3. The Morgan fingerprint density at radius 1 is 1.13 bits per heavy atom. The first kappa shape index (κ1) is 20.8. The fourth-order valence-corrected chi connectivity index (χ4v) is 5.96. The monoisotopic (exact) mass is 441 g/mol. The van der Waals surface area contributed by atoms with Crippen LogP contribution in [0.3, 0.4) is 0 Å². The molecule has 4 rings (SSSR count). The van der Waals surface area contributed by atoms with Gasteiger partial charge in [0.05, 0.1) is 42.4 Å². The van der Waals surface area contributed by atoms with Crippen molar-refractivity contribution in [3.8, 4) is 17.6 Å². The molecule has 2 heterocycles. The van der Waals surface area contributed by atoms with Gasteiger partial charge in [-0.25, -0.2) is 12.8 Å². The number of hydrogen-bond donors (Lipinski definition) is 1. The fraction of sp³-hybridized carbons (Fsp3) is 0.227. The Morgan fingerprint density at radius 3 is 2.42 bits per heavy atom. The molecule has 0 fully saturated rings. The third kappa shape index (κ3) is 3.29. The molecule has 7 nitrogen and oxygen atoms in total. The molecule has 1 unspecified atom stereocenters. The second kappa shape index (κ2) is 7.63. The molecule has 31 heavy (non-hydrogen) atoms. The lowest BCUT2D eigenvalue weighted by Crippen LogP contribution is -2.34. The minimum absolute atomic E-state index is 0.0921. The van der Waals surface area contributed by atoms with Gasteiger partial charge in [-0.05, 0) is 42.0 Å².